The first kappa shape index (κ1) is 14.3. The van der Waals surface area contributed by atoms with E-state index in [1.807, 2.05) is 17.8 Å². The molecule has 94 valence electrons. The number of nitrogens with one attached hydrogen (secondary N) is 1. The zero-order valence-electron chi connectivity index (χ0n) is 10.9. The van der Waals surface area contributed by atoms with Crippen molar-refractivity contribution in [3.05, 3.63) is 42.5 Å². The van der Waals surface area contributed by atoms with Crippen LogP contribution in [0, 0.1) is 0 Å². The Morgan fingerprint density at radius 1 is 1.29 bits per heavy atom. The summed E-state index contributed by atoms with van der Waals surface area (Å²) in [5.41, 5.74) is 1.36. The van der Waals surface area contributed by atoms with E-state index in [4.69, 9.17) is 0 Å². The van der Waals surface area contributed by atoms with Crippen molar-refractivity contribution in [3.8, 4) is 0 Å². The number of allylic oxidation sites excluding steroid dienone is 1. The van der Waals surface area contributed by atoms with Gasteiger partial charge in [-0.05, 0) is 36.3 Å². The summed E-state index contributed by atoms with van der Waals surface area (Å²) in [4.78, 5) is 1.36. The van der Waals surface area contributed by atoms with Crippen molar-refractivity contribution >= 4 is 11.8 Å². The molecule has 2 heteroatoms. The molecule has 0 saturated carbocycles. The summed E-state index contributed by atoms with van der Waals surface area (Å²) in [6, 6.07) is 9.41. The first-order chi connectivity index (χ1) is 8.22. The molecule has 0 heterocycles. The van der Waals surface area contributed by atoms with Crippen LogP contribution in [-0.4, -0.2) is 11.8 Å². The van der Waals surface area contributed by atoms with Crippen LogP contribution in [-0.2, 0) is 6.54 Å². The van der Waals surface area contributed by atoms with Crippen molar-refractivity contribution in [1.29, 1.82) is 0 Å². The van der Waals surface area contributed by atoms with Gasteiger partial charge in [0.2, 0.25) is 0 Å². The number of rotatable bonds is 8. The smallest absolute Gasteiger partial charge is 0.0207 e. The first-order valence-electron chi connectivity index (χ1n) is 6.28. The van der Waals surface area contributed by atoms with Crippen LogP contribution >= 0.6 is 11.8 Å². The lowest BCUT2D eigenvalue weighted by Gasteiger charge is -2.08. The topological polar surface area (TPSA) is 12.0 Å². The third-order valence-corrected chi connectivity index (χ3v) is 3.56. The first-order valence-corrected chi connectivity index (χ1v) is 7.27. The third-order valence-electron chi connectivity index (χ3n) is 2.46. The Balaban J connectivity index is 2.31. The fraction of sp³-hybridized carbons (Fsp3) is 0.467. The molecule has 0 saturated heterocycles. The van der Waals surface area contributed by atoms with Crippen LogP contribution in [0.25, 0.3) is 0 Å². The highest BCUT2D eigenvalue weighted by molar-refractivity contribution is 7.99. The average molecular weight is 249 g/mol. The van der Waals surface area contributed by atoms with E-state index in [0.29, 0.717) is 6.04 Å². The molecule has 1 nitrogen and oxygen atoms in total. The van der Waals surface area contributed by atoms with Gasteiger partial charge in [0, 0.05) is 17.5 Å². The van der Waals surface area contributed by atoms with Crippen LogP contribution in [0.3, 0.4) is 0 Å². The normalized spacial score (nSPS) is 10.8. The van der Waals surface area contributed by atoms with Crippen molar-refractivity contribution in [2.45, 2.75) is 44.2 Å². The van der Waals surface area contributed by atoms with Crippen molar-refractivity contribution in [2.75, 3.05) is 5.75 Å². The average Bonchev–Trinajstić information content (AvgIpc) is 2.33. The highest BCUT2D eigenvalue weighted by atomic mass is 32.2. The van der Waals surface area contributed by atoms with Gasteiger partial charge in [0.05, 0.1) is 0 Å². The fourth-order valence-electron chi connectivity index (χ4n) is 1.44. The summed E-state index contributed by atoms with van der Waals surface area (Å²) in [5.74, 6) is 1.18. The Hall–Kier alpha value is -0.730. The molecule has 1 aromatic rings. The van der Waals surface area contributed by atoms with E-state index < -0.39 is 0 Å². The van der Waals surface area contributed by atoms with Crippen LogP contribution in [0.15, 0.2) is 41.8 Å². The van der Waals surface area contributed by atoms with E-state index in [0.717, 1.165) is 13.0 Å². The Bertz CT molecular complexity index is 316. The van der Waals surface area contributed by atoms with Crippen molar-refractivity contribution in [1.82, 2.24) is 5.32 Å². The molecule has 0 amide bonds. The third kappa shape index (κ3) is 6.54. The molecule has 1 rings (SSSR count). The molecule has 0 spiro atoms. The molecule has 0 fully saturated rings. The minimum Gasteiger partial charge on any atom is -0.310 e. The van der Waals surface area contributed by atoms with Gasteiger partial charge in [-0.25, -0.2) is 0 Å². The largest absolute Gasteiger partial charge is 0.310 e. The van der Waals surface area contributed by atoms with E-state index in [-0.39, 0.29) is 0 Å². The standard InChI is InChI=1S/C15H23NS/c1-4-5-6-11-17-15-9-7-14(8-10-15)12-16-13(2)3/h4,7-10,13,16H,1,5-6,11-12H2,2-3H3. The summed E-state index contributed by atoms with van der Waals surface area (Å²) in [7, 11) is 0. The Labute approximate surface area is 110 Å². The van der Waals surface area contributed by atoms with E-state index in [9.17, 15) is 0 Å². The van der Waals surface area contributed by atoms with E-state index >= 15 is 0 Å². The van der Waals surface area contributed by atoms with Gasteiger partial charge in [-0.3, -0.25) is 0 Å². The lowest BCUT2D eigenvalue weighted by molar-refractivity contribution is 0.588. The van der Waals surface area contributed by atoms with E-state index in [2.05, 4.69) is 50.0 Å². The molecule has 0 aliphatic heterocycles. The van der Waals surface area contributed by atoms with Crippen molar-refractivity contribution in [2.24, 2.45) is 0 Å². The van der Waals surface area contributed by atoms with E-state index in [1.54, 1.807) is 0 Å². The van der Waals surface area contributed by atoms with Crippen LogP contribution in [0.2, 0.25) is 0 Å². The van der Waals surface area contributed by atoms with Gasteiger partial charge in [-0.15, -0.1) is 18.3 Å². The summed E-state index contributed by atoms with van der Waals surface area (Å²) in [5, 5.41) is 3.42. The summed E-state index contributed by atoms with van der Waals surface area (Å²) >= 11 is 1.93. The zero-order valence-corrected chi connectivity index (χ0v) is 11.7. The van der Waals surface area contributed by atoms with Gasteiger partial charge in [0.25, 0.3) is 0 Å². The number of unbranched alkanes of at least 4 members (excludes halogenated alkanes) is 1. The van der Waals surface area contributed by atoms with Gasteiger partial charge in [-0.1, -0.05) is 32.1 Å². The molecule has 0 atom stereocenters. The zero-order chi connectivity index (χ0) is 12.5. The van der Waals surface area contributed by atoms with Gasteiger partial charge < -0.3 is 5.32 Å². The maximum Gasteiger partial charge on any atom is 0.0207 e. The van der Waals surface area contributed by atoms with Crippen LogP contribution in [0.5, 0.6) is 0 Å². The maximum atomic E-state index is 3.74. The second kappa shape index (κ2) is 8.37. The highest BCUT2D eigenvalue weighted by Crippen LogP contribution is 2.19. The van der Waals surface area contributed by atoms with Crippen molar-refractivity contribution < 1.29 is 0 Å². The van der Waals surface area contributed by atoms with Gasteiger partial charge in [-0.2, -0.15) is 0 Å². The molecule has 0 radical (unpaired) electrons. The summed E-state index contributed by atoms with van der Waals surface area (Å²) in [6.07, 6.45) is 4.31. The monoisotopic (exact) mass is 249 g/mol. The van der Waals surface area contributed by atoms with Crippen molar-refractivity contribution in [3.63, 3.8) is 0 Å². The molecule has 1 N–H and O–H groups in total. The molecule has 0 aliphatic carbocycles. The predicted molar refractivity (Wildman–Crippen MR) is 78.6 cm³/mol. The molecule has 0 unspecified atom stereocenters. The molecule has 0 bridgehead atoms. The van der Waals surface area contributed by atoms with E-state index in [1.165, 1.54) is 22.6 Å². The Kier molecular flexibility index (Phi) is 7.06. The molecule has 0 aromatic heterocycles. The molecule has 1 aromatic carbocycles. The number of thioether (sulfide) groups is 1. The Morgan fingerprint density at radius 3 is 2.59 bits per heavy atom. The fourth-order valence-corrected chi connectivity index (χ4v) is 2.32. The number of hydrogen-bond acceptors (Lipinski definition) is 2. The van der Waals surface area contributed by atoms with Crippen LogP contribution < -0.4 is 5.32 Å². The predicted octanol–water partition coefficient (Wildman–Crippen LogP) is 4.24. The summed E-state index contributed by atoms with van der Waals surface area (Å²) < 4.78 is 0. The second-order valence-electron chi connectivity index (χ2n) is 4.46. The maximum absolute atomic E-state index is 3.74. The molecular formula is C15H23NS. The lowest BCUT2D eigenvalue weighted by atomic mass is 10.2. The number of hydrogen-bond donors (Lipinski definition) is 1. The molecule has 0 aliphatic rings. The molecular weight excluding hydrogens is 226 g/mol. The van der Waals surface area contributed by atoms with Gasteiger partial charge in [0.1, 0.15) is 0 Å². The van der Waals surface area contributed by atoms with Gasteiger partial charge >= 0.3 is 0 Å². The minimum absolute atomic E-state index is 0.544. The van der Waals surface area contributed by atoms with Gasteiger partial charge in [0.15, 0.2) is 0 Å². The SMILES string of the molecule is C=CCCCSc1ccc(CNC(C)C)cc1. The summed E-state index contributed by atoms with van der Waals surface area (Å²) in [6.45, 7) is 9.03. The van der Waals surface area contributed by atoms with Crippen LogP contribution in [0.1, 0.15) is 32.3 Å². The van der Waals surface area contributed by atoms with Crippen LogP contribution in [0.4, 0.5) is 0 Å². The molecule has 17 heavy (non-hydrogen) atoms. The highest BCUT2D eigenvalue weighted by Gasteiger charge is 1.97. The quantitative estimate of drug-likeness (QED) is 0.420. The minimum atomic E-state index is 0.544. The number of benzene rings is 1. The second-order valence-corrected chi connectivity index (χ2v) is 5.63. The Morgan fingerprint density at radius 2 is 2.00 bits per heavy atom. The lowest BCUT2D eigenvalue weighted by Crippen LogP contribution is -2.21.